The summed E-state index contributed by atoms with van der Waals surface area (Å²) >= 11 is 12.0. The lowest BCUT2D eigenvalue weighted by Gasteiger charge is -2.28. The number of aryl methyl sites for hydroxylation is 1. The fourth-order valence-corrected chi connectivity index (χ4v) is 3.54. The van der Waals surface area contributed by atoms with Crippen LogP contribution in [0.25, 0.3) is 0 Å². The smallest absolute Gasteiger partial charge is 0.279 e. The molecule has 6 nitrogen and oxygen atoms in total. The molecular weight excluding hydrogens is 363 g/mol. The molecule has 1 aliphatic heterocycles. The Morgan fingerprint density at radius 1 is 1.20 bits per heavy atom. The molecule has 1 aromatic carbocycles. The molecule has 3 rings (SSSR count). The second kappa shape index (κ2) is 8.19. The summed E-state index contributed by atoms with van der Waals surface area (Å²) in [6, 6.07) is 7.04. The van der Waals surface area contributed by atoms with Crippen molar-refractivity contribution in [2.75, 3.05) is 38.0 Å². The van der Waals surface area contributed by atoms with Crippen LogP contribution in [0, 0.1) is 6.92 Å². The van der Waals surface area contributed by atoms with Crippen LogP contribution in [-0.4, -0.2) is 43.8 Å². The van der Waals surface area contributed by atoms with Crippen molar-refractivity contribution < 1.29 is 19.1 Å². The minimum absolute atomic E-state index is 0.0326. The molecule has 2 heterocycles. The van der Waals surface area contributed by atoms with E-state index in [4.69, 9.17) is 27.7 Å². The molecular formula is C17H22Cl2N4O2+2. The standard InChI is InChI=1S/C17H20Cl2N4O2/c1-12-8-14(21-25-12)10-22-4-6-23(7-5-22)11-17(24)20-16-3-2-13(18)9-15(16)19/h2-3,8-9H,4-7,10-11H2,1H3,(H,20,24)/p+2. The summed E-state index contributed by atoms with van der Waals surface area (Å²) in [7, 11) is 0. The third-order valence-electron chi connectivity index (χ3n) is 4.39. The van der Waals surface area contributed by atoms with Gasteiger partial charge in [-0.25, -0.2) is 0 Å². The minimum atomic E-state index is -0.0326. The maximum absolute atomic E-state index is 12.2. The van der Waals surface area contributed by atoms with Crippen LogP contribution in [0.5, 0.6) is 0 Å². The number of halogens is 2. The molecule has 1 saturated heterocycles. The van der Waals surface area contributed by atoms with Crippen molar-refractivity contribution in [3.63, 3.8) is 0 Å². The van der Waals surface area contributed by atoms with E-state index in [9.17, 15) is 4.79 Å². The molecule has 1 fully saturated rings. The Morgan fingerprint density at radius 3 is 2.56 bits per heavy atom. The zero-order chi connectivity index (χ0) is 17.8. The van der Waals surface area contributed by atoms with Crippen molar-refractivity contribution in [1.29, 1.82) is 0 Å². The van der Waals surface area contributed by atoms with Crippen LogP contribution >= 0.6 is 23.2 Å². The van der Waals surface area contributed by atoms with E-state index in [1.165, 1.54) is 9.80 Å². The lowest BCUT2D eigenvalue weighted by molar-refractivity contribution is -1.02. The monoisotopic (exact) mass is 384 g/mol. The van der Waals surface area contributed by atoms with Crippen LogP contribution in [0.2, 0.25) is 10.0 Å². The molecule has 25 heavy (non-hydrogen) atoms. The van der Waals surface area contributed by atoms with E-state index in [-0.39, 0.29) is 5.91 Å². The van der Waals surface area contributed by atoms with Gasteiger partial charge in [0.1, 0.15) is 44.2 Å². The number of nitrogens with zero attached hydrogens (tertiary/aromatic N) is 1. The Kier molecular flexibility index (Phi) is 5.96. The largest absolute Gasteiger partial charge is 0.361 e. The summed E-state index contributed by atoms with van der Waals surface area (Å²) in [5.74, 6) is 0.811. The van der Waals surface area contributed by atoms with Gasteiger partial charge >= 0.3 is 0 Å². The number of benzene rings is 1. The highest BCUT2D eigenvalue weighted by Gasteiger charge is 2.25. The third kappa shape index (κ3) is 5.19. The predicted molar refractivity (Wildman–Crippen MR) is 96.3 cm³/mol. The zero-order valence-corrected chi connectivity index (χ0v) is 15.6. The molecule has 0 bridgehead atoms. The van der Waals surface area contributed by atoms with Crippen molar-refractivity contribution in [2.45, 2.75) is 13.5 Å². The molecule has 134 valence electrons. The van der Waals surface area contributed by atoms with Gasteiger partial charge in [-0.15, -0.1) is 0 Å². The quantitative estimate of drug-likeness (QED) is 0.690. The van der Waals surface area contributed by atoms with Gasteiger partial charge in [0.25, 0.3) is 5.91 Å². The van der Waals surface area contributed by atoms with Gasteiger partial charge in [-0.1, -0.05) is 28.4 Å². The van der Waals surface area contributed by atoms with Crippen LogP contribution in [0.3, 0.4) is 0 Å². The number of carbonyl (C=O) groups is 1. The Balaban J connectivity index is 1.44. The van der Waals surface area contributed by atoms with E-state index in [2.05, 4.69) is 10.5 Å². The molecule has 0 saturated carbocycles. The van der Waals surface area contributed by atoms with Crippen LogP contribution in [0.15, 0.2) is 28.8 Å². The van der Waals surface area contributed by atoms with E-state index in [0.717, 1.165) is 44.2 Å². The molecule has 1 amide bonds. The van der Waals surface area contributed by atoms with Gasteiger partial charge in [-0.05, 0) is 25.1 Å². The molecule has 0 unspecified atom stereocenters. The van der Waals surface area contributed by atoms with Gasteiger partial charge in [0, 0.05) is 11.1 Å². The van der Waals surface area contributed by atoms with Crippen molar-refractivity contribution in [3.05, 3.63) is 45.8 Å². The highest BCUT2D eigenvalue weighted by molar-refractivity contribution is 6.36. The van der Waals surface area contributed by atoms with Crippen molar-refractivity contribution in [2.24, 2.45) is 0 Å². The Labute approximate surface area is 156 Å². The summed E-state index contributed by atoms with van der Waals surface area (Å²) < 4.78 is 5.11. The molecule has 0 atom stereocenters. The zero-order valence-electron chi connectivity index (χ0n) is 14.1. The van der Waals surface area contributed by atoms with E-state index in [0.29, 0.717) is 22.3 Å². The van der Waals surface area contributed by atoms with Crippen LogP contribution in [0.4, 0.5) is 5.69 Å². The first-order valence-corrected chi connectivity index (χ1v) is 9.09. The van der Waals surface area contributed by atoms with Gasteiger partial charge < -0.3 is 19.6 Å². The molecule has 1 aromatic heterocycles. The molecule has 0 radical (unpaired) electrons. The number of aromatic nitrogens is 1. The average molecular weight is 385 g/mol. The summed E-state index contributed by atoms with van der Waals surface area (Å²) in [5, 5.41) is 7.91. The van der Waals surface area contributed by atoms with Gasteiger partial charge in [0.2, 0.25) is 0 Å². The lowest BCUT2D eigenvalue weighted by Crippen LogP contribution is -3.28. The fourth-order valence-electron chi connectivity index (χ4n) is 3.08. The van der Waals surface area contributed by atoms with E-state index < -0.39 is 0 Å². The fraction of sp³-hybridized carbons (Fsp3) is 0.412. The van der Waals surface area contributed by atoms with E-state index in [1.807, 2.05) is 13.0 Å². The summed E-state index contributed by atoms with van der Waals surface area (Å²) in [4.78, 5) is 15.0. The second-order valence-corrected chi connectivity index (χ2v) is 7.30. The summed E-state index contributed by atoms with van der Waals surface area (Å²) in [6.07, 6.45) is 0. The topological polar surface area (TPSA) is 64.0 Å². The van der Waals surface area contributed by atoms with E-state index in [1.54, 1.807) is 18.2 Å². The number of piperazine rings is 1. The number of nitrogens with one attached hydrogen (secondary N) is 3. The predicted octanol–water partition coefficient (Wildman–Crippen LogP) is 0.212. The molecule has 2 aromatic rings. The number of anilines is 1. The normalized spacial score (nSPS) is 20.4. The lowest BCUT2D eigenvalue weighted by atomic mass is 10.2. The van der Waals surface area contributed by atoms with Crippen LogP contribution in [-0.2, 0) is 11.3 Å². The third-order valence-corrected chi connectivity index (χ3v) is 4.94. The highest BCUT2D eigenvalue weighted by atomic mass is 35.5. The first-order chi connectivity index (χ1) is 12.0. The second-order valence-electron chi connectivity index (χ2n) is 6.45. The number of amides is 1. The van der Waals surface area contributed by atoms with Crippen molar-refractivity contribution >= 4 is 34.8 Å². The SMILES string of the molecule is Cc1cc(C[NH+]2CC[NH+](CC(=O)Nc3ccc(Cl)cc3Cl)CC2)no1. The number of quaternary nitrogens is 2. The van der Waals surface area contributed by atoms with Gasteiger partial charge in [0.15, 0.2) is 6.54 Å². The van der Waals surface area contributed by atoms with Crippen molar-refractivity contribution in [3.8, 4) is 0 Å². The average Bonchev–Trinajstić information content (AvgIpc) is 2.97. The number of carbonyl (C=O) groups excluding carboxylic acids is 1. The molecule has 3 N–H and O–H groups in total. The first kappa shape index (κ1) is 18.2. The summed E-state index contributed by atoms with van der Waals surface area (Å²) in [5.41, 5.74) is 1.59. The number of hydrogen-bond acceptors (Lipinski definition) is 3. The van der Waals surface area contributed by atoms with Crippen molar-refractivity contribution in [1.82, 2.24) is 5.16 Å². The van der Waals surface area contributed by atoms with Crippen LogP contribution in [0.1, 0.15) is 11.5 Å². The van der Waals surface area contributed by atoms with E-state index >= 15 is 0 Å². The molecule has 8 heteroatoms. The van der Waals surface area contributed by atoms with Gasteiger partial charge in [0.05, 0.1) is 10.7 Å². The first-order valence-electron chi connectivity index (χ1n) is 8.34. The maximum Gasteiger partial charge on any atom is 0.279 e. The number of rotatable bonds is 5. The summed E-state index contributed by atoms with van der Waals surface area (Å²) in [6.45, 7) is 7.14. The Morgan fingerprint density at radius 2 is 1.92 bits per heavy atom. The molecule has 0 spiro atoms. The van der Waals surface area contributed by atoms with Gasteiger partial charge in [-0.3, -0.25) is 4.79 Å². The molecule has 0 aliphatic carbocycles. The van der Waals surface area contributed by atoms with Gasteiger partial charge in [-0.2, -0.15) is 0 Å². The number of hydrogen-bond donors (Lipinski definition) is 3. The Hall–Kier alpha value is -1.60. The Bertz CT molecular complexity index is 742. The molecule has 1 aliphatic rings. The van der Waals surface area contributed by atoms with Crippen LogP contribution < -0.4 is 15.1 Å². The maximum atomic E-state index is 12.2. The highest BCUT2D eigenvalue weighted by Crippen LogP contribution is 2.25. The minimum Gasteiger partial charge on any atom is -0.361 e.